The summed E-state index contributed by atoms with van der Waals surface area (Å²) < 4.78 is 21.1. The third-order valence-corrected chi connectivity index (χ3v) is 6.49. The van der Waals surface area contributed by atoms with Gasteiger partial charge in [-0.05, 0) is 19.1 Å². The molecule has 0 aliphatic carbocycles. The zero-order valence-electron chi connectivity index (χ0n) is 11.4. The third kappa shape index (κ3) is 4.76. The third-order valence-electron chi connectivity index (χ3n) is 2.53. The monoisotopic (exact) mass is 373 g/mol. The average molecular weight is 375 g/mol. The fourth-order valence-electron chi connectivity index (χ4n) is 1.66. The minimum atomic E-state index is -3.68. The van der Waals surface area contributed by atoms with Gasteiger partial charge in [-0.25, -0.2) is 4.79 Å². The van der Waals surface area contributed by atoms with E-state index in [0.29, 0.717) is 5.30 Å². The van der Waals surface area contributed by atoms with Crippen LogP contribution in [0.1, 0.15) is 6.92 Å². The van der Waals surface area contributed by atoms with E-state index in [2.05, 4.69) is 10.1 Å². The standard InChI is InChI=1S/C12H15Cl3NO4P/c1-3-20-21(18,9-7-5-4-6-8-9)10(12(13,14)15)16-11(17)19-2/h4-8,10H,3H2,1-2H3,(H,16,17)/t10-,21-/m0/s1. The molecule has 0 aliphatic heterocycles. The van der Waals surface area contributed by atoms with Gasteiger partial charge in [0.1, 0.15) is 0 Å². The van der Waals surface area contributed by atoms with Gasteiger partial charge in [-0.1, -0.05) is 53.0 Å². The largest absolute Gasteiger partial charge is 0.453 e. The van der Waals surface area contributed by atoms with E-state index in [4.69, 9.17) is 39.3 Å². The van der Waals surface area contributed by atoms with Crippen molar-refractivity contribution in [1.29, 1.82) is 0 Å². The first-order valence-electron chi connectivity index (χ1n) is 5.96. The summed E-state index contributed by atoms with van der Waals surface area (Å²) in [6.45, 7) is 1.77. The normalized spacial score (nSPS) is 15.9. The second-order valence-electron chi connectivity index (χ2n) is 3.93. The Bertz CT molecular complexity index is 521. The Balaban J connectivity index is 3.32. The predicted molar refractivity (Wildman–Crippen MR) is 84.9 cm³/mol. The van der Waals surface area contributed by atoms with Crippen LogP contribution in [0.5, 0.6) is 0 Å². The molecule has 0 saturated heterocycles. The number of nitrogens with one attached hydrogen (secondary N) is 1. The number of carbonyl (C=O) groups excluding carboxylic acids is 1. The van der Waals surface area contributed by atoms with Crippen molar-refractivity contribution in [3.63, 3.8) is 0 Å². The minimum Gasteiger partial charge on any atom is -0.453 e. The van der Waals surface area contributed by atoms with Crippen LogP contribution in [0.4, 0.5) is 4.79 Å². The van der Waals surface area contributed by atoms with Crippen molar-refractivity contribution < 1.29 is 18.6 Å². The first-order valence-corrected chi connectivity index (χ1v) is 8.79. The van der Waals surface area contributed by atoms with E-state index in [1.165, 1.54) is 0 Å². The van der Waals surface area contributed by atoms with Gasteiger partial charge in [0.15, 0.2) is 5.78 Å². The van der Waals surface area contributed by atoms with Crippen LogP contribution in [0.15, 0.2) is 30.3 Å². The van der Waals surface area contributed by atoms with E-state index in [1.54, 1.807) is 37.3 Å². The number of ether oxygens (including phenoxy) is 1. The number of halogens is 3. The van der Waals surface area contributed by atoms with Crippen LogP contribution in [-0.2, 0) is 13.8 Å². The van der Waals surface area contributed by atoms with Gasteiger partial charge in [-0.15, -0.1) is 0 Å². The van der Waals surface area contributed by atoms with Gasteiger partial charge in [0.05, 0.1) is 13.7 Å². The Morgan fingerprint density at radius 2 is 1.90 bits per heavy atom. The van der Waals surface area contributed by atoms with Crippen LogP contribution < -0.4 is 10.6 Å². The number of benzene rings is 1. The highest BCUT2D eigenvalue weighted by atomic mass is 35.6. The molecule has 0 aromatic heterocycles. The minimum absolute atomic E-state index is 0.117. The Morgan fingerprint density at radius 1 is 1.33 bits per heavy atom. The molecule has 1 aromatic rings. The molecule has 0 aliphatic rings. The average Bonchev–Trinajstić information content (AvgIpc) is 2.44. The van der Waals surface area contributed by atoms with Crippen molar-refractivity contribution in [2.45, 2.75) is 16.5 Å². The molecule has 1 amide bonds. The Morgan fingerprint density at radius 3 is 2.33 bits per heavy atom. The molecule has 5 nitrogen and oxygen atoms in total. The number of carbonyl (C=O) groups is 1. The van der Waals surface area contributed by atoms with Crippen LogP contribution >= 0.6 is 42.2 Å². The first kappa shape index (κ1) is 18.6. The lowest BCUT2D eigenvalue weighted by Crippen LogP contribution is -2.45. The maximum atomic E-state index is 13.3. The first-order chi connectivity index (χ1) is 9.75. The fraction of sp³-hybridized carbons (Fsp3) is 0.417. The molecule has 0 radical (unpaired) electrons. The van der Waals surface area contributed by atoms with Gasteiger partial charge in [-0.3, -0.25) is 4.57 Å². The molecule has 9 heteroatoms. The maximum absolute atomic E-state index is 13.3. The van der Waals surface area contributed by atoms with E-state index < -0.39 is 23.0 Å². The number of alkyl carbamates (subject to hydrolysis) is 1. The summed E-state index contributed by atoms with van der Waals surface area (Å²) in [5.41, 5.74) is 0. The quantitative estimate of drug-likeness (QED) is 0.631. The highest BCUT2D eigenvalue weighted by Gasteiger charge is 2.49. The topological polar surface area (TPSA) is 64.6 Å². The van der Waals surface area contributed by atoms with E-state index in [1.807, 2.05) is 0 Å². The molecule has 0 spiro atoms. The maximum Gasteiger partial charge on any atom is 0.407 e. The number of methoxy groups -OCH3 is 1. The van der Waals surface area contributed by atoms with E-state index >= 15 is 0 Å². The Hall–Kier alpha value is -0.450. The molecule has 1 N–H and O–H groups in total. The van der Waals surface area contributed by atoms with Crippen molar-refractivity contribution in [2.75, 3.05) is 13.7 Å². The zero-order chi connectivity index (χ0) is 16.1. The van der Waals surface area contributed by atoms with Crippen LogP contribution in [0.25, 0.3) is 0 Å². The Kier molecular flexibility index (Phi) is 6.82. The fourth-order valence-corrected chi connectivity index (χ4v) is 5.20. The molecule has 118 valence electrons. The predicted octanol–water partition coefficient (Wildman–Crippen LogP) is 3.68. The van der Waals surface area contributed by atoms with E-state index in [0.717, 1.165) is 7.11 Å². The second-order valence-corrected chi connectivity index (χ2v) is 8.78. The van der Waals surface area contributed by atoms with Crippen LogP contribution in [0, 0.1) is 0 Å². The number of rotatable bonds is 5. The highest BCUT2D eigenvalue weighted by Crippen LogP contribution is 2.57. The van der Waals surface area contributed by atoms with Crippen molar-refractivity contribution in [2.24, 2.45) is 0 Å². The molecule has 2 atom stereocenters. The molecule has 0 fully saturated rings. The van der Waals surface area contributed by atoms with Gasteiger partial charge < -0.3 is 14.6 Å². The summed E-state index contributed by atoms with van der Waals surface area (Å²) in [5.74, 6) is -1.38. The summed E-state index contributed by atoms with van der Waals surface area (Å²) in [6, 6.07) is 8.26. The summed E-state index contributed by atoms with van der Waals surface area (Å²) >= 11 is 17.6. The number of hydrogen-bond donors (Lipinski definition) is 1. The van der Waals surface area contributed by atoms with Gasteiger partial charge in [0, 0.05) is 5.30 Å². The summed E-state index contributed by atoms with van der Waals surface area (Å²) in [5, 5.41) is 2.62. The van der Waals surface area contributed by atoms with E-state index in [9.17, 15) is 9.36 Å². The van der Waals surface area contributed by atoms with Gasteiger partial charge >= 0.3 is 6.09 Å². The van der Waals surface area contributed by atoms with Crippen molar-refractivity contribution >= 4 is 53.6 Å². The van der Waals surface area contributed by atoms with Crippen LogP contribution in [0.3, 0.4) is 0 Å². The molecule has 21 heavy (non-hydrogen) atoms. The lowest BCUT2D eigenvalue weighted by atomic mass is 10.4. The summed E-state index contributed by atoms with van der Waals surface area (Å²) in [6.07, 6.45) is -0.873. The lowest BCUT2D eigenvalue weighted by molar-refractivity contribution is 0.168. The second kappa shape index (κ2) is 7.70. The molecule has 0 saturated carbocycles. The highest BCUT2D eigenvalue weighted by molar-refractivity contribution is 7.68. The molecule has 0 bridgehead atoms. The van der Waals surface area contributed by atoms with Gasteiger partial charge in [0.25, 0.3) is 7.37 Å². The van der Waals surface area contributed by atoms with Gasteiger partial charge in [-0.2, -0.15) is 0 Å². The summed E-state index contributed by atoms with van der Waals surface area (Å²) in [4.78, 5) is 11.5. The van der Waals surface area contributed by atoms with Crippen molar-refractivity contribution in [3.8, 4) is 0 Å². The molecule has 1 aromatic carbocycles. The molecule has 1 rings (SSSR count). The molecule has 0 unspecified atom stereocenters. The van der Waals surface area contributed by atoms with Crippen LogP contribution in [0.2, 0.25) is 0 Å². The SMILES string of the molecule is CCO[P@@](=O)(c1ccccc1)[C@H](NC(=O)OC)C(Cl)(Cl)Cl. The Labute approximate surface area is 138 Å². The van der Waals surface area contributed by atoms with Crippen molar-refractivity contribution in [3.05, 3.63) is 30.3 Å². The smallest absolute Gasteiger partial charge is 0.407 e. The van der Waals surface area contributed by atoms with Crippen LogP contribution in [-0.4, -0.2) is 29.4 Å². The van der Waals surface area contributed by atoms with Crippen molar-refractivity contribution in [1.82, 2.24) is 5.32 Å². The molecular formula is C12H15Cl3NO4P. The van der Waals surface area contributed by atoms with Gasteiger partial charge in [0.2, 0.25) is 3.79 Å². The number of alkyl halides is 3. The number of amides is 1. The zero-order valence-corrected chi connectivity index (χ0v) is 14.5. The number of hydrogen-bond acceptors (Lipinski definition) is 4. The molecular weight excluding hydrogens is 359 g/mol. The molecule has 0 heterocycles. The summed E-state index contributed by atoms with van der Waals surface area (Å²) in [7, 11) is -2.53. The lowest BCUT2D eigenvalue weighted by Gasteiger charge is -2.32. The van der Waals surface area contributed by atoms with E-state index in [-0.39, 0.29) is 6.61 Å².